The van der Waals surface area contributed by atoms with Gasteiger partial charge in [-0.25, -0.2) is 9.97 Å². The van der Waals surface area contributed by atoms with Crippen molar-refractivity contribution in [3.05, 3.63) is 157 Å². The van der Waals surface area contributed by atoms with Crippen molar-refractivity contribution in [2.45, 2.75) is 0 Å². The first-order chi connectivity index (χ1) is 16.8. The van der Waals surface area contributed by atoms with Crippen molar-refractivity contribution in [3.63, 3.8) is 0 Å². The van der Waals surface area contributed by atoms with Crippen LogP contribution in [0.25, 0.3) is 22.3 Å². The van der Waals surface area contributed by atoms with Crippen LogP contribution < -0.4 is 0 Å². The fourth-order valence-electron chi connectivity index (χ4n) is 3.41. The number of fused-ring (bicyclic) bond motifs is 1. The summed E-state index contributed by atoms with van der Waals surface area (Å²) < 4.78 is 2.04. The number of hydrogen-bond donors (Lipinski definition) is 0. The molecule has 4 heteroatoms. The predicted octanol–water partition coefficient (Wildman–Crippen LogP) is 7.90. The molecule has 0 N–H and O–H groups in total. The predicted molar refractivity (Wildman–Crippen MR) is 146 cm³/mol. The SMILES string of the molecule is Clc1ncnc2c(C3=C\C=C/C=C\C=C/C=C\C=C3)cn(C3=C\C=C/C=C\C=C/C=C\C=C3)c12. The van der Waals surface area contributed by atoms with Gasteiger partial charge in [0.2, 0.25) is 0 Å². The summed E-state index contributed by atoms with van der Waals surface area (Å²) in [5.74, 6) is 0. The largest absolute Gasteiger partial charge is 0.312 e. The summed E-state index contributed by atoms with van der Waals surface area (Å²) in [6, 6.07) is 0. The van der Waals surface area contributed by atoms with Gasteiger partial charge in [0.1, 0.15) is 17.4 Å². The highest BCUT2D eigenvalue weighted by molar-refractivity contribution is 6.34. The van der Waals surface area contributed by atoms with Gasteiger partial charge in [-0.05, 0) is 17.7 Å². The molecule has 2 aliphatic rings. The third-order valence-electron chi connectivity index (χ3n) is 4.98. The van der Waals surface area contributed by atoms with Gasteiger partial charge in [0.05, 0.1) is 0 Å². The molecule has 0 unspecified atom stereocenters. The van der Waals surface area contributed by atoms with E-state index in [0.29, 0.717) is 5.15 Å². The number of nitrogens with zero attached hydrogens (tertiary/aromatic N) is 3. The molecule has 2 aromatic heterocycles. The van der Waals surface area contributed by atoms with Gasteiger partial charge in [0.15, 0.2) is 5.15 Å². The highest BCUT2D eigenvalue weighted by Crippen LogP contribution is 2.32. The van der Waals surface area contributed by atoms with Crippen LogP contribution in [-0.4, -0.2) is 14.5 Å². The van der Waals surface area contributed by atoms with Crippen LogP contribution in [0.15, 0.2) is 146 Å². The van der Waals surface area contributed by atoms with Crippen LogP contribution in [-0.2, 0) is 0 Å². The molecule has 0 aliphatic heterocycles. The van der Waals surface area contributed by atoms with Crippen molar-refractivity contribution >= 4 is 33.9 Å². The Kier molecular flexibility index (Phi) is 8.20. The smallest absolute Gasteiger partial charge is 0.157 e. The highest BCUT2D eigenvalue weighted by Gasteiger charge is 2.16. The summed E-state index contributed by atoms with van der Waals surface area (Å²) in [5.41, 5.74) is 4.47. The lowest BCUT2D eigenvalue weighted by molar-refractivity contribution is 1.14. The molecule has 0 saturated heterocycles. The molecule has 3 nitrogen and oxygen atoms in total. The molecule has 2 heterocycles. The van der Waals surface area contributed by atoms with E-state index in [0.717, 1.165) is 27.9 Å². The molecule has 2 aromatic rings. The van der Waals surface area contributed by atoms with Crippen LogP contribution in [0.2, 0.25) is 5.15 Å². The molecule has 0 fully saturated rings. The first-order valence-corrected chi connectivity index (χ1v) is 11.3. The van der Waals surface area contributed by atoms with E-state index in [-0.39, 0.29) is 0 Å². The molecular weight excluding hydrogens is 438 g/mol. The average Bonchev–Trinajstić information content (AvgIpc) is 3.21. The number of aromatic nitrogens is 3. The van der Waals surface area contributed by atoms with Gasteiger partial charge in [-0.2, -0.15) is 0 Å². The van der Waals surface area contributed by atoms with Crippen LogP contribution in [0.3, 0.4) is 0 Å². The minimum Gasteiger partial charge on any atom is -0.312 e. The van der Waals surface area contributed by atoms with E-state index in [1.165, 1.54) is 6.33 Å². The second-order valence-corrected chi connectivity index (χ2v) is 7.64. The second-order valence-electron chi connectivity index (χ2n) is 7.29. The summed E-state index contributed by atoms with van der Waals surface area (Å²) in [5, 5.41) is 0.403. The fraction of sp³-hybridized carbons (Fsp3) is 0. The van der Waals surface area contributed by atoms with Crippen molar-refractivity contribution < 1.29 is 0 Å². The lowest BCUT2D eigenvalue weighted by Crippen LogP contribution is -1.94. The van der Waals surface area contributed by atoms with Crippen molar-refractivity contribution in [2.75, 3.05) is 0 Å². The number of allylic oxidation sites excluding steroid dienone is 24. The Labute approximate surface area is 205 Å². The highest BCUT2D eigenvalue weighted by atomic mass is 35.5. The topological polar surface area (TPSA) is 30.7 Å². The molecular formula is C30H24ClN3. The maximum absolute atomic E-state index is 6.60. The molecule has 0 radical (unpaired) electrons. The van der Waals surface area contributed by atoms with E-state index >= 15 is 0 Å². The molecule has 34 heavy (non-hydrogen) atoms. The molecule has 2 aliphatic carbocycles. The van der Waals surface area contributed by atoms with E-state index in [9.17, 15) is 0 Å². The molecule has 0 atom stereocenters. The monoisotopic (exact) mass is 461 g/mol. The summed E-state index contributed by atoms with van der Waals surface area (Å²) in [6.45, 7) is 0. The van der Waals surface area contributed by atoms with Crippen LogP contribution in [0.4, 0.5) is 0 Å². The Balaban J connectivity index is 1.88. The first-order valence-electron chi connectivity index (χ1n) is 11.0. The van der Waals surface area contributed by atoms with Crippen LogP contribution in [0.1, 0.15) is 5.56 Å². The van der Waals surface area contributed by atoms with E-state index in [2.05, 4.69) is 28.3 Å². The average molecular weight is 462 g/mol. The zero-order valence-electron chi connectivity index (χ0n) is 18.6. The molecule has 166 valence electrons. The van der Waals surface area contributed by atoms with Crippen molar-refractivity contribution in [1.82, 2.24) is 14.5 Å². The zero-order valence-corrected chi connectivity index (χ0v) is 19.3. The van der Waals surface area contributed by atoms with E-state index in [1.807, 2.05) is 126 Å². The molecule has 0 bridgehead atoms. The third-order valence-corrected chi connectivity index (χ3v) is 5.26. The third kappa shape index (κ3) is 5.97. The van der Waals surface area contributed by atoms with Crippen molar-refractivity contribution in [3.8, 4) is 0 Å². The van der Waals surface area contributed by atoms with Crippen molar-refractivity contribution in [2.24, 2.45) is 0 Å². The molecule has 0 saturated carbocycles. The normalized spacial score (nSPS) is 23.7. The maximum Gasteiger partial charge on any atom is 0.157 e. The quantitative estimate of drug-likeness (QED) is 0.425. The zero-order chi connectivity index (χ0) is 23.4. The summed E-state index contributed by atoms with van der Waals surface area (Å²) >= 11 is 6.60. The van der Waals surface area contributed by atoms with Crippen LogP contribution in [0.5, 0.6) is 0 Å². The van der Waals surface area contributed by atoms with Gasteiger partial charge in [-0.15, -0.1) is 0 Å². The summed E-state index contributed by atoms with van der Waals surface area (Å²) in [7, 11) is 0. The van der Waals surface area contributed by atoms with Crippen molar-refractivity contribution in [1.29, 1.82) is 0 Å². The van der Waals surface area contributed by atoms with Gasteiger partial charge in [0, 0.05) is 17.5 Å². The minimum absolute atomic E-state index is 0.403. The Morgan fingerprint density at radius 1 is 0.559 bits per heavy atom. The van der Waals surface area contributed by atoms with Crippen LogP contribution >= 0.6 is 11.6 Å². The second kappa shape index (κ2) is 12.1. The molecule has 4 rings (SSSR count). The number of halogens is 1. The Bertz CT molecular complexity index is 1390. The van der Waals surface area contributed by atoms with Gasteiger partial charge < -0.3 is 4.57 Å². The van der Waals surface area contributed by atoms with Gasteiger partial charge >= 0.3 is 0 Å². The first kappa shape index (κ1) is 23.0. The number of hydrogen-bond acceptors (Lipinski definition) is 2. The summed E-state index contributed by atoms with van der Waals surface area (Å²) in [4.78, 5) is 8.86. The standard InChI is InChI=1S/C30H24ClN3/c31-30-29-28(32-24-33-30)27(25-19-15-11-7-3-1-4-8-12-16-20-25)23-34(29)26-21-17-13-9-5-2-6-10-14-18-22-26/h1-24H/b3-1-,4-1?,5-2-,6-2?,7-3?,8-4-,9-5?,10-6-,11-7-,12-8?,13-9-,14-10?,15-11?,16-12-,17-13?,18-14-,19-15?,20-16?,21-17?,22-18?,25-19?,25-20?,26-21?,26-22?. The Hall–Kier alpha value is -4.21. The molecule has 0 spiro atoms. The summed E-state index contributed by atoms with van der Waals surface area (Å²) in [6.07, 6.45) is 47.7. The lowest BCUT2D eigenvalue weighted by Gasteiger charge is -2.06. The van der Waals surface area contributed by atoms with E-state index in [1.54, 1.807) is 0 Å². The Morgan fingerprint density at radius 2 is 1.09 bits per heavy atom. The maximum atomic E-state index is 6.60. The van der Waals surface area contributed by atoms with E-state index in [4.69, 9.17) is 11.6 Å². The fourth-order valence-corrected chi connectivity index (χ4v) is 3.64. The molecule has 0 amide bonds. The number of rotatable bonds is 2. The van der Waals surface area contributed by atoms with Gasteiger partial charge in [-0.3, -0.25) is 0 Å². The lowest BCUT2D eigenvalue weighted by atomic mass is 10.1. The minimum atomic E-state index is 0.403. The van der Waals surface area contributed by atoms with Gasteiger partial charge in [0.25, 0.3) is 0 Å². The van der Waals surface area contributed by atoms with E-state index < -0.39 is 0 Å². The Morgan fingerprint density at radius 3 is 1.74 bits per heavy atom. The van der Waals surface area contributed by atoms with Gasteiger partial charge in [-0.1, -0.05) is 133 Å². The van der Waals surface area contributed by atoms with Crippen LogP contribution in [0, 0.1) is 0 Å². The molecule has 0 aromatic carbocycles.